The fraction of sp³-hybridized carbons (Fsp3) is 0.500. The van der Waals surface area contributed by atoms with Crippen molar-refractivity contribution in [1.29, 1.82) is 0 Å². The van der Waals surface area contributed by atoms with Crippen LogP contribution in [0.25, 0.3) is 0 Å². The number of carbonyl (C=O) groups excluding carboxylic acids is 1. The zero-order valence-corrected chi connectivity index (χ0v) is 11.9. The van der Waals surface area contributed by atoms with Crippen molar-refractivity contribution >= 4 is 5.97 Å². The molecule has 0 saturated heterocycles. The van der Waals surface area contributed by atoms with E-state index in [-0.39, 0.29) is 6.61 Å². The van der Waals surface area contributed by atoms with Gasteiger partial charge in [0, 0.05) is 4.92 Å². The van der Waals surface area contributed by atoms with Crippen molar-refractivity contribution < 1.29 is 19.2 Å². The molecule has 0 bridgehead atoms. The molecule has 2 atom stereocenters. The molecule has 0 fully saturated rings. The second-order valence-corrected chi connectivity index (χ2v) is 4.27. The number of esters is 1. The second-order valence-electron chi connectivity index (χ2n) is 4.27. The number of nitrogens with zero attached hydrogens (tertiary/aromatic N) is 1. The van der Waals surface area contributed by atoms with Crippen LogP contribution in [0, 0.1) is 10.1 Å². The molecule has 0 aliphatic rings. The maximum atomic E-state index is 11.8. The van der Waals surface area contributed by atoms with E-state index in [0.29, 0.717) is 12.2 Å². The molecule has 6 nitrogen and oxygen atoms in total. The standard InChI is InChI=1S/C14H19NO5/c1-4-12(10-6-8-11(19-3)9-7-10)13(15(17)18)14(16)20-5-2/h6-9,12-13H,4-5H2,1-3H3. The summed E-state index contributed by atoms with van der Waals surface area (Å²) in [5, 5.41) is 11.2. The number of nitro groups is 1. The van der Waals surface area contributed by atoms with Gasteiger partial charge in [-0.2, -0.15) is 0 Å². The van der Waals surface area contributed by atoms with Crippen molar-refractivity contribution in [2.75, 3.05) is 13.7 Å². The Morgan fingerprint density at radius 2 is 1.90 bits per heavy atom. The summed E-state index contributed by atoms with van der Waals surface area (Å²) < 4.78 is 9.86. The molecule has 6 heteroatoms. The van der Waals surface area contributed by atoms with Gasteiger partial charge in [-0.25, -0.2) is 4.79 Å². The maximum absolute atomic E-state index is 11.8. The van der Waals surface area contributed by atoms with Crippen molar-refractivity contribution in [1.82, 2.24) is 0 Å². The van der Waals surface area contributed by atoms with Crippen LogP contribution < -0.4 is 4.74 Å². The van der Waals surface area contributed by atoms with Crippen molar-refractivity contribution in [3.8, 4) is 5.75 Å². The Kier molecular flexibility index (Phi) is 5.96. The minimum atomic E-state index is -1.38. The summed E-state index contributed by atoms with van der Waals surface area (Å²) in [5.74, 6) is -0.646. The first-order valence-corrected chi connectivity index (χ1v) is 6.49. The summed E-state index contributed by atoms with van der Waals surface area (Å²) in [4.78, 5) is 22.4. The second kappa shape index (κ2) is 7.47. The van der Waals surface area contributed by atoms with Crippen molar-refractivity contribution in [3.63, 3.8) is 0 Å². The first-order chi connectivity index (χ1) is 9.54. The predicted molar refractivity (Wildman–Crippen MR) is 73.4 cm³/mol. The Morgan fingerprint density at radius 1 is 1.30 bits per heavy atom. The van der Waals surface area contributed by atoms with Gasteiger partial charge in [0.25, 0.3) is 0 Å². The molecule has 110 valence electrons. The fourth-order valence-electron chi connectivity index (χ4n) is 2.12. The average molecular weight is 281 g/mol. The van der Waals surface area contributed by atoms with E-state index in [9.17, 15) is 14.9 Å². The third-order valence-electron chi connectivity index (χ3n) is 3.12. The highest BCUT2D eigenvalue weighted by molar-refractivity contribution is 5.75. The van der Waals surface area contributed by atoms with Crippen LogP contribution in [-0.2, 0) is 9.53 Å². The van der Waals surface area contributed by atoms with Gasteiger partial charge in [0.2, 0.25) is 0 Å². The SMILES string of the molecule is CCOC(=O)C(C(CC)c1ccc(OC)cc1)[N+](=O)[O-]. The summed E-state index contributed by atoms with van der Waals surface area (Å²) in [6, 6.07) is 5.54. The topological polar surface area (TPSA) is 78.7 Å². The average Bonchev–Trinajstić information content (AvgIpc) is 2.44. The van der Waals surface area contributed by atoms with Crippen LogP contribution in [0.3, 0.4) is 0 Å². The first kappa shape index (κ1) is 15.9. The molecule has 0 aliphatic carbocycles. The molecule has 2 unspecified atom stereocenters. The first-order valence-electron chi connectivity index (χ1n) is 6.49. The van der Waals surface area contributed by atoms with E-state index in [1.54, 1.807) is 38.3 Å². The maximum Gasteiger partial charge on any atom is 0.382 e. The van der Waals surface area contributed by atoms with Gasteiger partial charge in [0.15, 0.2) is 0 Å². The largest absolute Gasteiger partial charge is 0.497 e. The predicted octanol–water partition coefficient (Wildman–Crippen LogP) is 2.40. The van der Waals surface area contributed by atoms with Gasteiger partial charge in [0.05, 0.1) is 19.6 Å². The zero-order valence-electron chi connectivity index (χ0n) is 11.9. The normalized spacial score (nSPS) is 13.3. The lowest BCUT2D eigenvalue weighted by Crippen LogP contribution is -2.37. The summed E-state index contributed by atoms with van der Waals surface area (Å²) in [7, 11) is 1.55. The monoisotopic (exact) mass is 281 g/mol. The molecule has 0 N–H and O–H groups in total. The number of benzene rings is 1. The molecule has 0 amide bonds. The molecule has 20 heavy (non-hydrogen) atoms. The van der Waals surface area contributed by atoms with Gasteiger partial charge in [-0.15, -0.1) is 0 Å². The third-order valence-corrected chi connectivity index (χ3v) is 3.12. The minimum absolute atomic E-state index is 0.127. The van der Waals surface area contributed by atoms with E-state index < -0.39 is 22.9 Å². The van der Waals surface area contributed by atoms with Crippen molar-refractivity contribution in [2.24, 2.45) is 0 Å². The van der Waals surface area contributed by atoms with E-state index in [0.717, 1.165) is 5.56 Å². The van der Waals surface area contributed by atoms with Crippen LogP contribution in [-0.4, -0.2) is 30.7 Å². The number of methoxy groups -OCH3 is 1. The fourth-order valence-corrected chi connectivity index (χ4v) is 2.12. The Bertz CT molecular complexity index is 457. The quantitative estimate of drug-likeness (QED) is 0.435. The number of carbonyl (C=O) groups is 1. The molecular formula is C14H19NO5. The minimum Gasteiger partial charge on any atom is -0.497 e. The number of hydrogen-bond donors (Lipinski definition) is 0. The van der Waals surface area contributed by atoms with Gasteiger partial charge >= 0.3 is 12.0 Å². The zero-order chi connectivity index (χ0) is 15.1. The third kappa shape index (κ3) is 3.69. The highest BCUT2D eigenvalue weighted by Crippen LogP contribution is 2.27. The van der Waals surface area contributed by atoms with E-state index in [1.807, 2.05) is 6.92 Å². The lowest BCUT2D eigenvalue weighted by molar-refractivity contribution is -0.514. The number of ether oxygens (including phenoxy) is 2. The molecule has 0 aromatic heterocycles. The van der Waals surface area contributed by atoms with E-state index in [1.165, 1.54) is 0 Å². The van der Waals surface area contributed by atoms with Crippen LogP contribution in [0.15, 0.2) is 24.3 Å². The molecule has 1 rings (SSSR count). The summed E-state index contributed by atoms with van der Waals surface area (Å²) in [6.07, 6.45) is 0.469. The van der Waals surface area contributed by atoms with Gasteiger partial charge in [0.1, 0.15) is 5.75 Å². The smallest absolute Gasteiger partial charge is 0.382 e. The van der Waals surface area contributed by atoms with Gasteiger partial charge in [-0.05, 0) is 31.0 Å². The van der Waals surface area contributed by atoms with Gasteiger partial charge in [-0.3, -0.25) is 10.1 Å². The highest BCUT2D eigenvalue weighted by Gasteiger charge is 2.39. The Hall–Kier alpha value is -2.11. The molecule has 1 aromatic rings. The van der Waals surface area contributed by atoms with Crippen molar-refractivity contribution in [3.05, 3.63) is 39.9 Å². The molecular weight excluding hydrogens is 262 g/mol. The van der Waals surface area contributed by atoms with Crippen LogP contribution in [0.1, 0.15) is 31.7 Å². The summed E-state index contributed by atoms with van der Waals surface area (Å²) >= 11 is 0. The molecule has 1 aromatic carbocycles. The molecule has 0 spiro atoms. The highest BCUT2D eigenvalue weighted by atomic mass is 16.6. The van der Waals surface area contributed by atoms with E-state index in [4.69, 9.17) is 9.47 Å². The van der Waals surface area contributed by atoms with Gasteiger partial charge in [-0.1, -0.05) is 19.1 Å². The number of hydrogen-bond acceptors (Lipinski definition) is 5. The van der Waals surface area contributed by atoms with E-state index >= 15 is 0 Å². The van der Waals surface area contributed by atoms with Crippen LogP contribution in [0.4, 0.5) is 0 Å². The summed E-state index contributed by atoms with van der Waals surface area (Å²) in [6.45, 7) is 3.57. The molecule has 0 aliphatic heterocycles. The molecule has 0 saturated carbocycles. The van der Waals surface area contributed by atoms with Crippen LogP contribution >= 0.6 is 0 Å². The Balaban J connectivity index is 3.05. The van der Waals surface area contributed by atoms with E-state index in [2.05, 4.69) is 0 Å². The van der Waals surface area contributed by atoms with Crippen LogP contribution in [0.2, 0.25) is 0 Å². The Morgan fingerprint density at radius 3 is 2.30 bits per heavy atom. The van der Waals surface area contributed by atoms with Crippen molar-refractivity contribution in [2.45, 2.75) is 32.2 Å². The van der Waals surface area contributed by atoms with Crippen LogP contribution in [0.5, 0.6) is 5.75 Å². The van der Waals surface area contributed by atoms with Gasteiger partial charge < -0.3 is 9.47 Å². The number of rotatable bonds is 7. The molecule has 0 heterocycles. The Labute approximate surface area is 117 Å². The lowest BCUT2D eigenvalue weighted by atomic mass is 9.89. The summed E-state index contributed by atoms with van der Waals surface area (Å²) in [5.41, 5.74) is 0.725. The lowest BCUT2D eigenvalue weighted by Gasteiger charge is -2.18. The molecule has 0 radical (unpaired) electrons.